The average Bonchev–Trinajstić information content (AvgIpc) is 0.722. The van der Waals surface area contributed by atoms with Crippen molar-refractivity contribution in [1.29, 1.82) is 0 Å². The van der Waals surface area contributed by atoms with Crippen LogP contribution < -0.4 is 0 Å². The van der Waals surface area contributed by atoms with Crippen LogP contribution in [0.4, 0.5) is 0 Å². The molecule has 6 heavy (non-hydrogen) atoms. The van der Waals surface area contributed by atoms with E-state index in [2.05, 4.69) is 0 Å². The third-order valence-corrected chi connectivity index (χ3v) is 0. The van der Waals surface area contributed by atoms with Crippen LogP contribution in [-0.4, -0.2) is 34.5 Å². The molecule has 35 valence electrons. The molecule has 4 nitrogen and oxygen atoms in total. The summed E-state index contributed by atoms with van der Waals surface area (Å²) < 4.78 is 8.88. The van der Waals surface area contributed by atoms with Gasteiger partial charge in [-0.05, 0) is 0 Å². The molecule has 0 aliphatic rings. The van der Waals surface area contributed by atoms with Crippen molar-refractivity contribution in [2.75, 3.05) is 0 Å². The molecule has 3 radical (unpaired) electrons. The van der Waals surface area contributed by atoms with Gasteiger partial charge in [0.15, 0.2) is 0 Å². The standard InChI is InChI=1S/Ga.H3O4P/c;1-5(2,3)4/h;(H3,1,2,3,4). The van der Waals surface area contributed by atoms with Crippen LogP contribution >= 0.6 is 7.82 Å². The van der Waals surface area contributed by atoms with Gasteiger partial charge in [0.1, 0.15) is 0 Å². The molecule has 0 amide bonds. The summed E-state index contributed by atoms with van der Waals surface area (Å²) in [5.41, 5.74) is 0. The summed E-state index contributed by atoms with van der Waals surface area (Å²) in [4.78, 5) is 21.6. The maximum atomic E-state index is 8.88. The van der Waals surface area contributed by atoms with Crippen LogP contribution in [0, 0.1) is 0 Å². The number of rotatable bonds is 0. The summed E-state index contributed by atoms with van der Waals surface area (Å²) in [5.74, 6) is 0. The van der Waals surface area contributed by atoms with Gasteiger partial charge in [0.2, 0.25) is 0 Å². The molecule has 0 saturated carbocycles. The summed E-state index contributed by atoms with van der Waals surface area (Å²) in [6.07, 6.45) is 0. The molecule has 0 aromatic rings. The maximum absolute atomic E-state index is 8.88. The first-order chi connectivity index (χ1) is 2.00. The van der Waals surface area contributed by atoms with E-state index in [0.717, 1.165) is 0 Å². The molecule has 0 aliphatic carbocycles. The first-order valence-electron chi connectivity index (χ1n) is 0.783. The van der Waals surface area contributed by atoms with E-state index < -0.39 is 7.82 Å². The van der Waals surface area contributed by atoms with Crippen molar-refractivity contribution in [2.24, 2.45) is 0 Å². The fourth-order valence-corrected chi connectivity index (χ4v) is 0. The molecular formula is H3GaO4P. The summed E-state index contributed by atoms with van der Waals surface area (Å²) in [6.45, 7) is 0. The molecule has 0 fully saturated rings. The van der Waals surface area contributed by atoms with E-state index >= 15 is 0 Å². The summed E-state index contributed by atoms with van der Waals surface area (Å²) in [6, 6.07) is 0. The van der Waals surface area contributed by atoms with E-state index in [9.17, 15) is 0 Å². The van der Waals surface area contributed by atoms with Gasteiger partial charge in [0.25, 0.3) is 0 Å². The second kappa shape index (κ2) is 2.84. The van der Waals surface area contributed by atoms with Gasteiger partial charge < -0.3 is 14.7 Å². The zero-order valence-electron chi connectivity index (χ0n) is 2.77. The molecule has 0 rings (SSSR count). The summed E-state index contributed by atoms with van der Waals surface area (Å²) in [5, 5.41) is 0. The van der Waals surface area contributed by atoms with Crippen LogP contribution in [0.25, 0.3) is 0 Å². The van der Waals surface area contributed by atoms with Crippen LogP contribution in [0.15, 0.2) is 0 Å². The smallest absolute Gasteiger partial charge is 0.303 e. The Bertz CT molecular complexity index is 53.7. The SMILES string of the molecule is O=P(O)(O)O.[Ga]. The van der Waals surface area contributed by atoms with Crippen molar-refractivity contribution >= 4 is 27.6 Å². The Morgan fingerprint density at radius 2 is 1.17 bits per heavy atom. The predicted molar refractivity (Wildman–Crippen MR) is 20.0 cm³/mol. The van der Waals surface area contributed by atoms with E-state index in [1.54, 1.807) is 0 Å². The minimum atomic E-state index is -4.64. The van der Waals surface area contributed by atoms with Gasteiger partial charge in [-0.15, -0.1) is 0 Å². The Morgan fingerprint density at radius 3 is 1.17 bits per heavy atom. The topological polar surface area (TPSA) is 77.8 Å². The monoisotopic (exact) mass is 167 g/mol. The zero-order chi connectivity index (χ0) is 4.50. The van der Waals surface area contributed by atoms with E-state index in [-0.39, 0.29) is 19.8 Å². The normalized spacial score (nSPS) is 9.83. The molecule has 0 aromatic carbocycles. The van der Waals surface area contributed by atoms with Gasteiger partial charge in [-0.2, -0.15) is 0 Å². The zero-order valence-corrected chi connectivity index (χ0v) is 6.09. The molecule has 0 saturated heterocycles. The van der Waals surface area contributed by atoms with Crippen LogP contribution in [0.1, 0.15) is 0 Å². The van der Waals surface area contributed by atoms with Crippen molar-refractivity contribution in [1.82, 2.24) is 0 Å². The predicted octanol–water partition coefficient (Wildman–Crippen LogP) is -1.31. The van der Waals surface area contributed by atoms with E-state index in [1.165, 1.54) is 0 Å². The van der Waals surface area contributed by atoms with Crippen LogP contribution in [0.2, 0.25) is 0 Å². The largest absolute Gasteiger partial charge is 0.466 e. The molecule has 0 aliphatic heterocycles. The van der Waals surface area contributed by atoms with Crippen molar-refractivity contribution in [2.45, 2.75) is 0 Å². The molecule has 0 aromatic heterocycles. The van der Waals surface area contributed by atoms with Crippen LogP contribution in [0.5, 0.6) is 0 Å². The molecule has 0 unspecified atom stereocenters. The average molecular weight is 168 g/mol. The molecule has 0 spiro atoms. The quantitative estimate of drug-likeness (QED) is 0.309. The Balaban J connectivity index is 0. The van der Waals surface area contributed by atoms with Gasteiger partial charge in [0, 0.05) is 19.8 Å². The Labute approximate surface area is 47.5 Å². The first kappa shape index (κ1) is 9.89. The Hall–Kier alpha value is 0.746. The third kappa shape index (κ3) is 120. The van der Waals surface area contributed by atoms with Crippen LogP contribution in [-0.2, 0) is 4.57 Å². The summed E-state index contributed by atoms with van der Waals surface area (Å²) in [7, 11) is -4.64. The van der Waals surface area contributed by atoms with E-state index in [0.29, 0.717) is 0 Å². The van der Waals surface area contributed by atoms with Gasteiger partial charge in [-0.1, -0.05) is 0 Å². The molecule has 3 N–H and O–H groups in total. The number of hydrogen-bond acceptors (Lipinski definition) is 1. The van der Waals surface area contributed by atoms with Crippen molar-refractivity contribution in [3.05, 3.63) is 0 Å². The van der Waals surface area contributed by atoms with Gasteiger partial charge >= 0.3 is 7.82 Å². The van der Waals surface area contributed by atoms with Gasteiger partial charge in [-0.3, -0.25) is 0 Å². The molecule has 0 heterocycles. The van der Waals surface area contributed by atoms with Crippen molar-refractivity contribution in [3.8, 4) is 0 Å². The van der Waals surface area contributed by atoms with Gasteiger partial charge in [-0.25, -0.2) is 4.57 Å². The molecular weight excluding hydrogens is 165 g/mol. The minimum absolute atomic E-state index is 0. The van der Waals surface area contributed by atoms with Crippen LogP contribution in [0.3, 0.4) is 0 Å². The second-order valence-corrected chi connectivity index (χ2v) is 1.54. The Morgan fingerprint density at radius 1 is 1.17 bits per heavy atom. The minimum Gasteiger partial charge on any atom is -0.303 e. The fraction of sp³-hybridized carbons (Fsp3) is 0. The molecule has 0 bridgehead atoms. The van der Waals surface area contributed by atoms with Crippen molar-refractivity contribution in [3.63, 3.8) is 0 Å². The van der Waals surface area contributed by atoms with Gasteiger partial charge in [0.05, 0.1) is 0 Å². The summed E-state index contributed by atoms with van der Waals surface area (Å²) >= 11 is 0. The first-order valence-corrected chi connectivity index (χ1v) is 2.35. The Kier molecular flexibility index (Phi) is 4.69. The molecule has 0 atom stereocenters. The second-order valence-electron chi connectivity index (χ2n) is 0.513. The third-order valence-electron chi connectivity index (χ3n) is 0. The number of phosphoric acid groups is 1. The van der Waals surface area contributed by atoms with Crippen molar-refractivity contribution < 1.29 is 19.2 Å². The fourth-order valence-electron chi connectivity index (χ4n) is 0. The van der Waals surface area contributed by atoms with E-state index in [1.807, 2.05) is 0 Å². The maximum Gasteiger partial charge on any atom is 0.466 e. The molecule has 6 heteroatoms. The van der Waals surface area contributed by atoms with E-state index in [4.69, 9.17) is 19.2 Å². The number of hydrogen-bond donors (Lipinski definition) is 3.